The fraction of sp³-hybridized carbons (Fsp3) is 0.903. The third-order valence-electron chi connectivity index (χ3n) is 14.2. The Labute approximate surface area is 424 Å². The van der Waals surface area contributed by atoms with E-state index in [1.807, 2.05) is 6.08 Å². The predicted molar refractivity (Wildman–Crippen MR) is 296 cm³/mol. The van der Waals surface area contributed by atoms with Gasteiger partial charge in [0.2, 0.25) is 5.91 Å². The molecule has 0 saturated heterocycles. The molecule has 2 atom stereocenters. The molecule has 2 unspecified atom stereocenters. The maximum atomic E-state index is 12.5. The van der Waals surface area contributed by atoms with Crippen molar-refractivity contribution in [2.45, 2.75) is 347 Å². The number of hydrogen-bond acceptors (Lipinski definition) is 5. The van der Waals surface area contributed by atoms with E-state index >= 15 is 0 Å². The zero-order chi connectivity index (χ0) is 49.3. The van der Waals surface area contributed by atoms with Crippen LogP contribution in [0.2, 0.25) is 0 Å². The Bertz CT molecular complexity index is 1060. The van der Waals surface area contributed by atoms with Gasteiger partial charge in [-0.2, -0.15) is 0 Å². The smallest absolute Gasteiger partial charge is 0.305 e. The molecule has 68 heavy (non-hydrogen) atoms. The van der Waals surface area contributed by atoms with Gasteiger partial charge in [0.25, 0.3) is 0 Å². The summed E-state index contributed by atoms with van der Waals surface area (Å²) in [7, 11) is 0. The van der Waals surface area contributed by atoms with Crippen molar-refractivity contribution in [1.82, 2.24) is 5.32 Å². The van der Waals surface area contributed by atoms with E-state index in [2.05, 4.69) is 31.3 Å². The van der Waals surface area contributed by atoms with E-state index in [1.165, 1.54) is 263 Å². The lowest BCUT2D eigenvalue weighted by Gasteiger charge is -2.20. The van der Waals surface area contributed by atoms with E-state index in [-0.39, 0.29) is 18.5 Å². The lowest BCUT2D eigenvalue weighted by Crippen LogP contribution is -2.45. The average molecular weight is 959 g/mol. The number of amides is 1. The third kappa shape index (κ3) is 53.7. The van der Waals surface area contributed by atoms with Crippen LogP contribution in [0.15, 0.2) is 24.3 Å². The van der Waals surface area contributed by atoms with Crippen LogP contribution in [-0.4, -0.2) is 47.4 Å². The van der Waals surface area contributed by atoms with Crippen molar-refractivity contribution in [2.75, 3.05) is 13.2 Å². The molecule has 402 valence electrons. The fourth-order valence-electron chi connectivity index (χ4n) is 9.51. The van der Waals surface area contributed by atoms with Gasteiger partial charge >= 0.3 is 5.97 Å². The second-order valence-corrected chi connectivity index (χ2v) is 21.0. The van der Waals surface area contributed by atoms with Crippen LogP contribution in [0.25, 0.3) is 0 Å². The van der Waals surface area contributed by atoms with Gasteiger partial charge in [0.15, 0.2) is 0 Å². The Balaban J connectivity index is 3.41. The number of aliphatic hydroxyl groups is 2. The molecule has 0 aliphatic carbocycles. The molecule has 0 aliphatic rings. The van der Waals surface area contributed by atoms with E-state index in [1.54, 1.807) is 6.08 Å². The van der Waals surface area contributed by atoms with E-state index < -0.39 is 12.1 Å². The van der Waals surface area contributed by atoms with Crippen molar-refractivity contribution >= 4 is 11.9 Å². The molecule has 0 aromatic rings. The molecule has 0 rings (SSSR count). The number of hydrogen-bond donors (Lipinski definition) is 3. The van der Waals surface area contributed by atoms with Gasteiger partial charge in [0.05, 0.1) is 25.4 Å². The van der Waals surface area contributed by atoms with E-state index in [0.717, 1.165) is 44.9 Å². The van der Waals surface area contributed by atoms with Crippen LogP contribution in [-0.2, 0) is 14.3 Å². The Morgan fingerprint density at radius 3 is 1.04 bits per heavy atom. The van der Waals surface area contributed by atoms with Crippen LogP contribution < -0.4 is 5.32 Å². The van der Waals surface area contributed by atoms with E-state index in [0.29, 0.717) is 19.4 Å². The molecular weight excluding hydrogens is 839 g/mol. The summed E-state index contributed by atoms with van der Waals surface area (Å²) in [6.45, 7) is 4.91. The molecule has 0 aromatic carbocycles. The zero-order valence-corrected chi connectivity index (χ0v) is 45.9. The van der Waals surface area contributed by atoms with Crippen molar-refractivity contribution in [3.63, 3.8) is 0 Å². The molecule has 6 nitrogen and oxygen atoms in total. The topological polar surface area (TPSA) is 95.9 Å². The highest BCUT2D eigenvalue weighted by Gasteiger charge is 2.18. The number of esters is 1. The van der Waals surface area contributed by atoms with Crippen molar-refractivity contribution in [2.24, 2.45) is 0 Å². The van der Waals surface area contributed by atoms with Crippen molar-refractivity contribution in [1.29, 1.82) is 0 Å². The van der Waals surface area contributed by atoms with Gasteiger partial charge in [-0.25, -0.2) is 0 Å². The van der Waals surface area contributed by atoms with Crippen molar-refractivity contribution < 1.29 is 24.5 Å². The van der Waals surface area contributed by atoms with Gasteiger partial charge in [-0.05, 0) is 57.8 Å². The lowest BCUT2D eigenvalue weighted by atomic mass is 10.0. The molecule has 0 bridgehead atoms. The first-order valence-electron chi connectivity index (χ1n) is 30.6. The number of carbonyl (C=O) groups excluding carboxylic acids is 2. The van der Waals surface area contributed by atoms with Gasteiger partial charge in [0.1, 0.15) is 0 Å². The summed E-state index contributed by atoms with van der Waals surface area (Å²) in [5, 5.41) is 23.1. The number of rotatable bonds is 57. The molecule has 0 radical (unpaired) electrons. The van der Waals surface area contributed by atoms with Crippen LogP contribution in [0.3, 0.4) is 0 Å². The highest BCUT2D eigenvalue weighted by molar-refractivity contribution is 5.76. The van der Waals surface area contributed by atoms with Gasteiger partial charge in [-0.1, -0.05) is 289 Å². The molecule has 3 N–H and O–H groups in total. The summed E-state index contributed by atoms with van der Waals surface area (Å²) >= 11 is 0. The number of unbranched alkanes of at least 4 members (excludes halogenated alkanes) is 44. The SMILES string of the molecule is CCCCCCC/C=C\CCCCCCCC(=O)OCCCCCCCCCCCCCCCCCCCCCCCC(=O)NC(CO)C(O)/C=C/CCCCCCCCCCCCCCCC. The Morgan fingerprint density at radius 2 is 0.691 bits per heavy atom. The normalized spacial score (nSPS) is 12.7. The molecule has 6 heteroatoms. The molecule has 1 amide bonds. The standard InChI is InChI=1S/C62H119NO5/c1-3-5-7-9-11-13-15-17-19-27-30-34-38-42-46-50-54-60(65)59(58-64)63-61(66)55-51-47-43-39-35-31-28-25-23-21-20-22-24-26-29-33-37-41-45-49-53-57-68-62(67)56-52-48-44-40-36-32-18-16-14-12-10-8-6-4-2/h16,18,50,54,59-60,64-65H,3-15,17,19-49,51-53,55-58H2,1-2H3,(H,63,66)/b18-16-,54-50+. The average Bonchev–Trinajstić information content (AvgIpc) is 3.34. The largest absolute Gasteiger partial charge is 0.466 e. The Hall–Kier alpha value is -1.66. The number of ether oxygens (including phenoxy) is 1. The third-order valence-corrected chi connectivity index (χ3v) is 14.2. The first-order valence-corrected chi connectivity index (χ1v) is 30.6. The second kappa shape index (κ2) is 57.9. The van der Waals surface area contributed by atoms with Crippen molar-refractivity contribution in [3.8, 4) is 0 Å². The van der Waals surface area contributed by atoms with Crippen LogP contribution in [0.5, 0.6) is 0 Å². The first kappa shape index (κ1) is 66.3. The molecular formula is C62H119NO5. The molecule has 0 aromatic heterocycles. The van der Waals surface area contributed by atoms with Crippen molar-refractivity contribution in [3.05, 3.63) is 24.3 Å². The second-order valence-electron chi connectivity index (χ2n) is 21.0. The van der Waals surface area contributed by atoms with E-state index in [4.69, 9.17) is 4.74 Å². The summed E-state index contributed by atoms with van der Waals surface area (Å²) in [5.41, 5.74) is 0. The monoisotopic (exact) mass is 958 g/mol. The molecule has 0 aliphatic heterocycles. The Morgan fingerprint density at radius 1 is 0.397 bits per heavy atom. The molecule has 0 heterocycles. The quantitative estimate of drug-likeness (QED) is 0.0321. The molecule has 0 spiro atoms. The van der Waals surface area contributed by atoms with Crippen LogP contribution in [0, 0.1) is 0 Å². The van der Waals surface area contributed by atoms with Gasteiger partial charge < -0.3 is 20.3 Å². The maximum absolute atomic E-state index is 12.5. The minimum atomic E-state index is -0.845. The summed E-state index contributed by atoms with van der Waals surface area (Å²) in [6, 6.07) is -0.628. The number of nitrogens with one attached hydrogen (secondary N) is 1. The number of aliphatic hydroxyl groups excluding tert-OH is 2. The minimum Gasteiger partial charge on any atom is -0.466 e. The maximum Gasteiger partial charge on any atom is 0.305 e. The van der Waals surface area contributed by atoms with Crippen LogP contribution >= 0.6 is 0 Å². The highest BCUT2D eigenvalue weighted by Crippen LogP contribution is 2.17. The summed E-state index contributed by atoms with van der Waals surface area (Å²) in [5.74, 6) is -0.0640. The highest BCUT2D eigenvalue weighted by atomic mass is 16.5. The molecule has 0 saturated carbocycles. The van der Waals surface area contributed by atoms with Crippen LogP contribution in [0.1, 0.15) is 335 Å². The number of allylic oxidation sites excluding steroid dienone is 3. The summed E-state index contributed by atoms with van der Waals surface area (Å²) in [4.78, 5) is 24.5. The summed E-state index contributed by atoms with van der Waals surface area (Å²) < 4.78 is 5.48. The Kier molecular flexibility index (Phi) is 56.5. The van der Waals surface area contributed by atoms with Gasteiger partial charge in [-0.3, -0.25) is 9.59 Å². The molecule has 0 fully saturated rings. The van der Waals surface area contributed by atoms with E-state index in [9.17, 15) is 19.8 Å². The summed E-state index contributed by atoms with van der Waals surface area (Å²) in [6.07, 6.45) is 70.7. The predicted octanol–water partition coefficient (Wildman–Crippen LogP) is 19.0. The minimum absolute atomic E-state index is 0.00312. The number of carbonyl (C=O) groups is 2. The first-order chi connectivity index (χ1) is 33.5. The lowest BCUT2D eigenvalue weighted by molar-refractivity contribution is -0.143. The van der Waals surface area contributed by atoms with Crippen LogP contribution in [0.4, 0.5) is 0 Å². The zero-order valence-electron chi connectivity index (χ0n) is 45.9. The van der Waals surface area contributed by atoms with Gasteiger partial charge in [-0.15, -0.1) is 0 Å². The van der Waals surface area contributed by atoms with Gasteiger partial charge in [0, 0.05) is 12.8 Å². The fourth-order valence-corrected chi connectivity index (χ4v) is 9.51.